The molecular weight excluding hydrogens is 288 g/mol. The summed E-state index contributed by atoms with van der Waals surface area (Å²) in [5.41, 5.74) is 5.22. The molecule has 2 aliphatic rings. The van der Waals surface area contributed by atoms with E-state index < -0.39 is 0 Å². The average molecular weight is 305 g/mol. The molecule has 2 nitrogen and oxygen atoms in total. The number of allylic oxidation sites excluding steroid dienone is 4. The highest BCUT2D eigenvalue weighted by Gasteiger charge is 2.26. The first kappa shape index (κ1) is 13.7. The van der Waals surface area contributed by atoms with E-state index in [1.54, 1.807) is 12.1 Å². The zero-order valence-corrected chi connectivity index (χ0v) is 13.2. The number of rotatable bonds is 4. The van der Waals surface area contributed by atoms with Gasteiger partial charge in [0, 0.05) is 29.5 Å². The van der Waals surface area contributed by atoms with Crippen molar-refractivity contribution in [3.8, 4) is 0 Å². The molecule has 1 aromatic rings. The summed E-state index contributed by atoms with van der Waals surface area (Å²) in [5, 5.41) is 0.782. The van der Waals surface area contributed by atoms with E-state index in [2.05, 4.69) is 47.0 Å². The lowest BCUT2D eigenvalue weighted by molar-refractivity contribution is 0.629. The Morgan fingerprint density at radius 2 is 2.10 bits per heavy atom. The van der Waals surface area contributed by atoms with E-state index in [0.29, 0.717) is 0 Å². The summed E-state index contributed by atoms with van der Waals surface area (Å²) in [7, 11) is 2.12. The zero-order valence-electron chi connectivity index (χ0n) is 11.6. The van der Waals surface area contributed by atoms with Gasteiger partial charge in [-0.2, -0.15) is 0 Å². The third kappa shape index (κ3) is 3.05. The molecule has 1 aliphatic carbocycles. The summed E-state index contributed by atoms with van der Waals surface area (Å²) in [6.45, 7) is 2.18. The van der Waals surface area contributed by atoms with Crippen molar-refractivity contribution in [3.05, 3.63) is 64.5 Å². The molecule has 0 saturated carbocycles. The molecule has 1 aliphatic heterocycles. The van der Waals surface area contributed by atoms with E-state index in [1.165, 1.54) is 22.5 Å². The minimum Gasteiger partial charge on any atom is -0.305 e. The highest BCUT2D eigenvalue weighted by atomic mass is 35.5. The van der Waals surface area contributed by atoms with E-state index in [1.807, 2.05) is 18.2 Å². The first-order valence-electron chi connectivity index (χ1n) is 6.68. The van der Waals surface area contributed by atoms with E-state index in [4.69, 9.17) is 11.6 Å². The standard InChI is InChI=1S/C16H17ClN2S/c1-12-6-8-15(9-7-12)18(2)20-19-11-16(19)13-4-3-5-14(17)10-13/h3-6,8,10-11H,7,9H2,1-2H3. The number of hydrogen-bond acceptors (Lipinski definition) is 3. The molecule has 0 atom stereocenters. The van der Waals surface area contributed by atoms with Gasteiger partial charge in [0.25, 0.3) is 0 Å². The molecule has 20 heavy (non-hydrogen) atoms. The first-order valence-corrected chi connectivity index (χ1v) is 7.79. The van der Waals surface area contributed by atoms with Crippen molar-refractivity contribution in [3.63, 3.8) is 0 Å². The monoisotopic (exact) mass is 304 g/mol. The maximum Gasteiger partial charge on any atom is 0.0781 e. The minimum absolute atomic E-state index is 0.782. The SMILES string of the molecule is CC1=CC=C(N(C)SN2C=C2c2cccc(Cl)c2)CC1. The Morgan fingerprint density at radius 1 is 1.25 bits per heavy atom. The minimum atomic E-state index is 0.782. The van der Waals surface area contributed by atoms with Crippen LogP contribution in [-0.4, -0.2) is 15.7 Å². The lowest BCUT2D eigenvalue weighted by Gasteiger charge is -2.24. The van der Waals surface area contributed by atoms with Crippen LogP contribution >= 0.6 is 23.7 Å². The first-order chi connectivity index (χ1) is 9.63. The molecule has 0 spiro atoms. The Kier molecular flexibility index (Phi) is 3.81. The number of nitrogens with zero attached hydrogens (tertiary/aromatic N) is 2. The molecule has 0 aromatic heterocycles. The molecule has 104 valence electrons. The molecule has 0 unspecified atom stereocenters. The van der Waals surface area contributed by atoms with Gasteiger partial charge in [-0.15, -0.1) is 0 Å². The summed E-state index contributed by atoms with van der Waals surface area (Å²) in [6.07, 6.45) is 8.84. The van der Waals surface area contributed by atoms with Gasteiger partial charge in [-0.25, -0.2) is 0 Å². The fourth-order valence-electron chi connectivity index (χ4n) is 2.18. The largest absolute Gasteiger partial charge is 0.305 e. The Morgan fingerprint density at radius 3 is 2.80 bits per heavy atom. The molecule has 3 rings (SSSR count). The van der Waals surface area contributed by atoms with E-state index in [9.17, 15) is 0 Å². The highest BCUT2D eigenvalue weighted by Crippen LogP contribution is 2.41. The van der Waals surface area contributed by atoms with Crippen LogP contribution in [0, 0.1) is 0 Å². The van der Waals surface area contributed by atoms with Crippen LogP contribution in [0.4, 0.5) is 0 Å². The number of benzene rings is 1. The Labute approximate surface area is 129 Å². The maximum absolute atomic E-state index is 6.03. The van der Waals surface area contributed by atoms with Gasteiger partial charge in [0.1, 0.15) is 0 Å². The second-order valence-electron chi connectivity index (χ2n) is 5.10. The molecular formula is C16H17ClN2S. The molecule has 0 saturated heterocycles. The summed E-state index contributed by atoms with van der Waals surface area (Å²) >= 11 is 7.74. The van der Waals surface area contributed by atoms with Crippen molar-refractivity contribution in [2.75, 3.05) is 7.05 Å². The predicted octanol–water partition coefficient (Wildman–Crippen LogP) is 5.07. The Hall–Kier alpha value is -1.32. The van der Waals surface area contributed by atoms with Gasteiger partial charge in [-0.3, -0.25) is 4.31 Å². The fraction of sp³-hybridized carbons (Fsp3) is 0.250. The average Bonchev–Trinajstić information content (AvgIpc) is 3.18. The molecule has 4 heteroatoms. The third-order valence-corrected chi connectivity index (χ3v) is 4.67. The van der Waals surface area contributed by atoms with Gasteiger partial charge in [0.15, 0.2) is 0 Å². The van der Waals surface area contributed by atoms with Crippen LogP contribution < -0.4 is 0 Å². The van der Waals surface area contributed by atoms with E-state index >= 15 is 0 Å². The predicted molar refractivity (Wildman–Crippen MR) is 87.7 cm³/mol. The smallest absolute Gasteiger partial charge is 0.0781 e. The van der Waals surface area contributed by atoms with Crippen molar-refractivity contribution < 1.29 is 0 Å². The van der Waals surface area contributed by atoms with Gasteiger partial charge in [-0.1, -0.05) is 35.4 Å². The Balaban J connectivity index is 1.59. The molecule has 0 bridgehead atoms. The second kappa shape index (κ2) is 5.58. The van der Waals surface area contributed by atoms with Crippen LogP contribution in [-0.2, 0) is 0 Å². The Bertz CT molecular complexity index is 619. The summed E-state index contributed by atoms with van der Waals surface area (Å²) < 4.78 is 4.41. The van der Waals surface area contributed by atoms with Crippen LogP contribution in [0.2, 0.25) is 5.02 Å². The molecule has 0 fully saturated rings. The van der Waals surface area contributed by atoms with Gasteiger partial charge >= 0.3 is 0 Å². The number of hydrogen-bond donors (Lipinski definition) is 0. The van der Waals surface area contributed by atoms with Gasteiger partial charge < -0.3 is 4.31 Å². The van der Waals surface area contributed by atoms with E-state index in [0.717, 1.165) is 17.9 Å². The molecule has 0 N–H and O–H groups in total. The van der Waals surface area contributed by atoms with Crippen molar-refractivity contribution >= 4 is 29.4 Å². The van der Waals surface area contributed by atoms with Crippen molar-refractivity contribution in [2.24, 2.45) is 0 Å². The van der Waals surface area contributed by atoms with E-state index in [-0.39, 0.29) is 0 Å². The molecule has 0 radical (unpaired) electrons. The zero-order chi connectivity index (χ0) is 14.1. The molecule has 0 amide bonds. The van der Waals surface area contributed by atoms with Crippen LogP contribution in [0.25, 0.3) is 5.70 Å². The van der Waals surface area contributed by atoms with Crippen molar-refractivity contribution in [1.82, 2.24) is 8.61 Å². The number of halogens is 1. The summed E-state index contributed by atoms with van der Waals surface area (Å²) in [4.78, 5) is 0. The summed E-state index contributed by atoms with van der Waals surface area (Å²) in [6, 6.07) is 7.98. The van der Waals surface area contributed by atoms with Crippen molar-refractivity contribution in [1.29, 1.82) is 0 Å². The maximum atomic E-state index is 6.03. The summed E-state index contributed by atoms with van der Waals surface area (Å²) in [5.74, 6) is 0. The second-order valence-corrected chi connectivity index (χ2v) is 6.64. The van der Waals surface area contributed by atoms with Crippen LogP contribution in [0.15, 0.2) is 53.9 Å². The normalized spacial score (nSPS) is 17.4. The highest BCUT2D eigenvalue weighted by molar-refractivity contribution is 7.95. The molecule has 1 heterocycles. The molecule has 1 aromatic carbocycles. The van der Waals surface area contributed by atoms with Gasteiger partial charge in [-0.05, 0) is 38.0 Å². The third-order valence-electron chi connectivity index (χ3n) is 3.48. The van der Waals surface area contributed by atoms with Crippen LogP contribution in [0.3, 0.4) is 0 Å². The topological polar surface area (TPSA) is 6.25 Å². The fourth-order valence-corrected chi connectivity index (χ4v) is 3.23. The van der Waals surface area contributed by atoms with Gasteiger partial charge in [0.05, 0.1) is 17.8 Å². The lowest BCUT2D eigenvalue weighted by Crippen LogP contribution is -2.13. The quantitative estimate of drug-likeness (QED) is 0.717. The van der Waals surface area contributed by atoms with Crippen LogP contribution in [0.5, 0.6) is 0 Å². The van der Waals surface area contributed by atoms with Crippen molar-refractivity contribution in [2.45, 2.75) is 19.8 Å². The lowest BCUT2D eigenvalue weighted by atomic mass is 10.0. The van der Waals surface area contributed by atoms with Gasteiger partial charge in [0.2, 0.25) is 0 Å². The van der Waals surface area contributed by atoms with Crippen LogP contribution in [0.1, 0.15) is 25.3 Å².